The van der Waals surface area contributed by atoms with E-state index in [-0.39, 0.29) is 11.7 Å². The van der Waals surface area contributed by atoms with Crippen LogP contribution >= 0.6 is 0 Å². The lowest BCUT2D eigenvalue weighted by Crippen LogP contribution is -2.15. The minimum atomic E-state index is -0.234. The van der Waals surface area contributed by atoms with Crippen LogP contribution in [0.5, 0.6) is 11.5 Å². The Morgan fingerprint density at radius 1 is 1.13 bits per heavy atom. The summed E-state index contributed by atoms with van der Waals surface area (Å²) < 4.78 is 24.5. The van der Waals surface area contributed by atoms with E-state index in [1.165, 1.54) is 6.07 Å². The highest BCUT2D eigenvalue weighted by Crippen LogP contribution is 2.30. The molecule has 3 nitrogen and oxygen atoms in total. The van der Waals surface area contributed by atoms with Crippen molar-refractivity contribution in [2.45, 2.75) is 25.7 Å². The van der Waals surface area contributed by atoms with Gasteiger partial charge in [0.2, 0.25) is 0 Å². The van der Waals surface area contributed by atoms with Crippen LogP contribution in [0.2, 0.25) is 0 Å². The van der Waals surface area contributed by atoms with Gasteiger partial charge in [-0.05, 0) is 54.8 Å². The van der Waals surface area contributed by atoms with Crippen molar-refractivity contribution in [1.82, 2.24) is 0 Å². The molecule has 0 aliphatic carbocycles. The Hall–Kier alpha value is -2.07. The van der Waals surface area contributed by atoms with Crippen LogP contribution in [0.25, 0.3) is 0 Å². The summed E-state index contributed by atoms with van der Waals surface area (Å²) in [6.45, 7) is 3.18. The summed E-state index contributed by atoms with van der Waals surface area (Å²) in [5.74, 6) is 1.29. The summed E-state index contributed by atoms with van der Waals surface area (Å²) in [5, 5.41) is 0. The highest BCUT2D eigenvalue weighted by Gasteiger charge is 2.13. The van der Waals surface area contributed by atoms with Gasteiger partial charge in [0.05, 0.1) is 13.7 Å². The Kier molecular flexibility index (Phi) is 6.41. The standard InChI is InChI=1S/C19H24FNO2/c1-3-9-23-18-8-7-14(11-19(18)22-2)10-16(13-21)15-5-4-6-17(20)12-15/h4-8,11-12,16H,3,9-10,13,21H2,1-2H3. The maximum atomic E-state index is 13.4. The number of benzene rings is 2. The van der Waals surface area contributed by atoms with E-state index in [4.69, 9.17) is 15.2 Å². The van der Waals surface area contributed by atoms with Crippen LogP contribution in [0, 0.1) is 5.82 Å². The number of hydrogen-bond acceptors (Lipinski definition) is 3. The normalized spacial score (nSPS) is 12.0. The number of methoxy groups -OCH3 is 1. The average Bonchev–Trinajstić information content (AvgIpc) is 2.58. The van der Waals surface area contributed by atoms with E-state index >= 15 is 0 Å². The topological polar surface area (TPSA) is 44.5 Å². The second kappa shape index (κ2) is 8.53. The first kappa shape index (κ1) is 17.3. The lowest BCUT2D eigenvalue weighted by molar-refractivity contribution is 0.294. The second-order valence-electron chi connectivity index (χ2n) is 5.53. The molecule has 0 bridgehead atoms. The molecule has 2 aromatic rings. The largest absolute Gasteiger partial charge is 0.493 e. The van der Waals surface area contributed by atoms with E-state index in [2.05, 4.69) is 6.92 Å². The fourth-order valence-electron chi connectivity index (χ4n) is 2.55. The van der Waals surface area contributed by atoms with Crippen molar-refractivity contribution in [1.29, 1.82) is 0 Å². The van der Waals surface area contributed by atoms with Gasteiger partial charge in [-0.2, -0.15) is 0 Å². The Morgan fingerprint density at radius 3 is 2.61 bits per heavy atom. The molecule has 0 amide bonds. The van der Waals surface area contributed by atoms with Crippen molar-refractivity contribution in [3.05, 3.63) is 59.4 Å². The van der Waals surface area contributed by atoms with Gasteiger partial charge in [0.15, 0.2) is 11.5 Å². The molecular weight excluding hydrogens is 293 g/mol. The van der Waals surface area contributed by atoms with Gasteiger partial charge in [0.25, 0.3) is 0 Å². The molecule has 0 radical (unpaired) electrons. The van der Waals surface area contributed by atoms with E-state index in [1.807, 2.05) is 24.3 Å². The van der Waals surface area contributed by atoms with Crippen LogP contribution in [0.3, 0.4) is 0 Å². The van der Waals surface area contributed by atoms with Gasteiger partial charge >= 0.3 is 0 Å². The summed E-state index contributed by atoms with van der Waals surface area (Å²) >= 11 is 0. The molecule has 0 saturated heterocycles. The van der Waals surface area contributed by atoms with Crippen LogP contribution in [0.4, 0.5) is 4.39 Å². The highest BCUT2D eigenvalue weighted by atomic mass is 19.1. The highest BCUT2D eigenvalue weighted by molar-refractivity contribution is 5.43. The third-order valence-corrected chi connectivity index (χ3v) is 3.78. The fourth-order valence-corrected chi connectivity index (χ4v) is 2.55. The zero-order chi connectivity index (χ0) is 16.7. The molecule has 0 aliphatic rings. The molecule has 0 aromatic heterocycles. The van der Waals surface area contributed by atoms with Gasteiger partial charge < -0.3 is 15.2 Å². The maximum Gasteiger partial charge on any atom is 0.161 e. The van der Waals surface area contributed by atoms with Crippen LogP contribution in [0.15, 0.2) is 42.5 Å². The van der Waals surface area contributed by atoms with Gasteiger partial charge in [0, 0.05) is 5.92 Å². The van der Waals surface area contributed by atoms with Crippen LogP contribution in [-0.2, 0) is 6.42 Å². The van der Waals surface area contributed by atoms with Crippen molar-refractivity contribution < 1.29 is 13.9 Å². The first-order valence-electron chi connectivity index (χ1n) is 7.93. The molecule has 4 heteroatoms. The molecule has 1 unspecified atom stereocenters. The SMILES string of the molecule is CCCOc1ccc(CC(CN)c2cccc(F)c2)cc1OC. The van der Waals surface area contributed by atoms with Crippen molar-refractivity contribution in [3.8, 4) is 11.5 Å². The number of ether oxygens (including phenoxy) is 2. The van der Waals surface area contributed by atoms with Crippen LogP contribution in [0.1, 0.15) is 30.4 Å². The summed E-state index contributed by atoms with van der Waals surface area (Å²) in [5.41, 5.74) is 7.89. The molecule has 2 aromatic carbocycles. The van der Waals surface area contributed by atoms with Gasteiger partial charge in [-0.15, -0.1) is 0 Å². The molecule has 0 spiro atoms. The van der Waals surface area contributed by atoms with E-state index in [1.54, 1.807) is 19.2 Å². The summed E-state index contributed by atoms with van der Waals surface area (Å²) in [7, 11) is 1.63. The molecule has 2 rings (SSSR count). The summed E-state index contributed by atoms with van der Waals surface area (Å²) in [4.78, 5) is 0. The lowest BCUT2D eigenvalue weighted by Gasteiger charge is -2.17. The third-order valence-electron chi connectivity index (χ3n) is 3.78. The number of halogens is 1. The Labute approximate surface area is 137 Å². The number of nitrogens with two attached hydrogens (primary N) is 1. The molecule has 0 fully saturated rings. The monoisotopic (exact) mass is 317 g/mol. The molecule has 0 heterocycles. The zero-order valence-electron chi connectivity index (χ0n) is 13.7. The van der Waals surface area contributed by atoms with Gasteiger partial charge in [-0.3, -0.25) is 0 Å². The molecule has 23 heavy (non-hydrogen) atoms. The van der Waals surface area contributed by atoms with E-state index < -0.39 is 0 Å². The Balaban J connectivity index is 2.17. The van der Waals surface area contributed by atoms with Crippen molar-refractivity contribution in [2.24, 2.45) is 5.73 Å². The smallest absolute Gasteiger partial charge is 0.161 e. The Morgan fingerprint density at radius 2 is 1.96 bits per heavy atom. The fraction of sp³-hybridized carbons (Fsp3) is 0.368. The maximum absolute atomic E-state index is 13.4. The predicted octanol–water partition coefficient (Wildman–Crippen LogP) is 3.91. The first-order valence-corrected chi connectivity index (χ1v) is 7.93. The van der Waals surface area contributed by atoms with Gasteiger partial charge in [-0.25, -0.2) is 4.39 Å². The molecule has 2 N–H and O–H groups in total. The van der Waals surface area contributed by atoms with Crippen molar-refractivity contribution >= 4 is 0 Å². The van der Waals surface area contributed by atoms with E-state index in [0.717, 1.165) is 29.7 Å². The van der Waals surface area contributed by atoms with Crippen LogP contribution < -0.4 is 15.2 Å². The van der Waals surface area contributed by atoms with Crippen molar-refractivity contribution in [2.75, 3.05) is 20.3 Å². The zero-order valence-corrected chi connectivity index (χ0v) is 13.7. The first-order chi connectivity index (χ1) is 11.2. The average molecular weight is 317 g/mol. The van der Waals surface area contributed by atoms with Gasteiger partial charge in [0.1, 0.15) is 5.82 Å². The second-order valence-corrected chi connectivity index (χ2v) is 5.53. The van der Waals surface area contributed by atoms with Crippen LogP contribution in [-0.4, -0.2) is 20.3 Å². The van der Waals surface area contributed by atoms with E-state index in [0.29, 0.717) is 18.9 Å². The number of hydrogen-bond donors (Lipinski definition) is 1. The molecular formula is C19H24FNO2. The molecule has 1 atom stereocenters. The number of rotatable bonds is 8. The summed E-state index contributed by atoms with van der Waals surface area (Å²) in [6, 6.07) is 12.5. The molecule has 0 aliphatic heterocycles. The quantitative estimate of drug-likeness (QED) is 0.803. The molecule has 0 saturated carbocycles. The van der Waals surface area contributed by atoms with Crippen molar-refractivity contribution in [3.63, 3.8) is 0 Å². The lowest BCUT2D eigenvalue weighted by atomic mass is 9.92. The Bertz CT molecular complexity index is 631. The van der Waals surface area contributed by atoms with Gasteiger partial charge in [-0.1, -0.05) is 25.1 Å². The van der Waals surface area contributed by atoms with E-state index in [9.17, 15) is 4.39 Å². The minimum absolute atomic E-state index is 0.0674. The third kappa shape index (κ3) is 4.70. The predicted molar refractivity (Wildman–Crippen MR) is 90.7 cm³/mol. The molecule has 124 valence electrons. The summed E-state index contributed by atoms with van der Waals surface area (Å²) in [6.07, 6.45) is 1.67. The minimum Gasteiger partial charge on any atom is -0.493 e.